The van der Waals surface area contributed by atoms with E-state index >= 15 is 0 Å². The summed E-state index contributed by atoms with van der Waals surface area (Å²) in [4.78, 5) is 0. The van der Waals surface area contributed by atoms with Gasteiger partial charge in [0.1, 0.15) is 0 Å². The average Bonchev–Trinajstić information content (AvgIpc) is 2.91. The Bertz CT molecular complexity index is 321. The molecule has 0 aromatic rings. The first-order valence-electron chi connectivity index (χ1n) is 9.90. The van der Waals surface area contributed by atoms with Gasteiger partial charge in [-0.3, -0.25) is 0 Å². The topological polar surface area (TPSA) is 0 Å². The van der Waals surface area contributed by atoms with E-state index in [1.807, 2.05) is 0 Å². The first kappa shape index (κ1) is 19.5. The number of hydrogen-bond donors (Lipinski definition) is 0. The molecule has 1 fully saturated rings. The van der Waals surface area contributed by atoms with Crippen molar-refractivity contribution in [3.63, 3.8) is 0 Å². The molecule has 1 aliphatic carbocycles. The second-order valence-electron chi connectivity index (χ2n) is 8.09. The summed E-state index contributed by atoms with van der Waals surface area (Å²) in [5, 5.41) is 0. The van der Waals surface area contributed by atoms with Crippen LogP contribution in [0.25, 0.3) is 0 Å². The highest BCUT2D eigenvalue weighted by atomic mass is 14.3. The molecule has 0 spiro atoms. The van der Waals surface area contributed by atoms with Crippen LogP contribution >= 0.6 is 0 Å². The highest BCUT2D eigenvalue weighted by Gasteiger charge is 2.23. The molecule has 0 amide bonds. The summed E-state index contributed by atoms with van der Waals surface area (Å²) < 4.78 is 0. The van der Waals surface area contributed by atoms with Crippen molar-refractivity contribution < 1.29 is 0 Å². The van der Waals surface area contributed by atoms with E-state index < -0.39 is 0 Å². The predicted octanol–water partition coefficient (Wildman–Crippen LogP) is 7.70. The molecule has 128 valence electrons. The second kappa shape index (κ2) is 11.1. The van der Waals surface area contributed by atoms with Crippen LogP contribution in [-0.4, -0.2) is 0 Å². The van der Waals surface area contributed by atoms with E-state index in [2.05, 4.69) is 52.0 Å². The zero-order chi connectivity index (χ0) is 16.3. The van der Waals surface area contributed by atoms with E-state index in [-0.39, 0.29) is 0 Å². The minimum Gasteiger partial charge on any atom is -0.0885 e. The van der Waals surface area contributed by atoms with Crippen molar-refractivity contribution in [1.29, 1.82) is 0 Å². The minimum absolute atomic E-state index is 0.524. The van der Waals surface area contributed by atoms with E-state index in [0.29, 0.717) is 5.41 Å². The third-order valence-corrected chi connectivity index (χ3v) is 5.35. The van der Waals surface area contributed by atoms with Crippen molar-refractivity contribution in [2.75, 3.05) is 0 Å². The molecular formula is C22H40. The second-order valence-corrected chi connectivity index (χ2v) is 8.09. The molecular weight excluding hydrogens is 264 g/mol. The van der Waals surface area contributed by atoms with Gasteiger partial charge < -0.3 is 0 Å². The molecule has 0 bridgehead atoms. The van der Waals surface area contributed by atoms with Crippen LogP contribution in [0.1, 0.15) is 98.3 Å². The smallest absolute Gasteiger partial charge is 0.0202 e. The molecule has 0 unspecified atom stereocenters. The van der Waals surface area contributed by atoms with Gasteiger partial charge in [-0.15, -0.1) is 0 Å². The normalized spacial score (nSPS) is 23.1. The third-order valence-electron chi connectivity index (χ3n) is 5.35. The van der Waals surface area contributed by atoms with Crippen molar-refractivity contribution in [1.82, 2.24) is 0 Å². The molecule has 0 heterocycles. The number of unbranched alkanes of at least 4 members (excludes halogenated alkanes) is 2. The first-order valence-corrected chi connectivity index (χ1v) is 9.90. The van der Waals surface area contributed by atoms with E-state index in [4.69, 9.17) is 0 Å². The van der Waals surface area contributed by atoms with Gasteiger partial charge in [-0.2, -0.15) is 0 Å². The van der Waals surface area contributed by atoms with Gasteiger partial charge in [0.15, 0.2) is 0 Å². The van der Waals surface area contributed by atoms with Gasteiger partial charge in [-0.05, 0) is 62.2 Å². The molecule has 0 aromatic carbocycles. The fraction of sp³-hybridized carbons (Fsp3) is 0.818. The SMILES string of the molecule is CCCC/C=C\C[C@H]1CCC[C@@H]1/C=C/CCC(C)(C)CCC. The summed E-state index contributed by atoms with van der Waals surface area (Å²) in [6.45, 7) is 9.41. The number of allylic oxidation sites excluding steroid dienone is 4. The maximum Gasteiger partial charge on any atom is -0.0202 e. The summed E-state index contributed by atoms with van der Waals surface area (Å²) in [5.74, 6) is 1.77. The lowest BCUT2D eigenvalue weighted by molar-refractivity contribution is 0.306. The van der Waals surface area contributed by atoms with Crippen molar-refractivity contribution >= 4 is 0 Å². The van der Waals surface area contributed by atoms with Crippen LogP contribution in [0.15, 0.2) is 24.3 Å². The third kappa shape index (κ3) is 8.20. The van der Waals surface area contributed by atoms with E-state index in [1.165, 1.54) is 70.6 Å². The van der Waals surface area contributed by atoms with Crippen LogP contribution in [0.4, 0.5) is 0 Å². The zero-order valence-corrected chi connectivity index (χ0v) is 15.7. The van der Waals surface area contributed by atoms with Gasteiger partial charge in [-0.25, -0.2) is 0 Å². The largest absolute Gasteiger partial charge is 0.0885 e. The highest BCUT2D eigenvalue weighted by molar-refractivity contribution is 4.98. The lowest BCUT2D eigenvalue weighted by Crippen LogP contribution is -2.10. The molecule has 2 atom stereocenters. The van der Waals surface area contributed by atoms with Crippen LogP contribution in [0.5, 0.6) is 0 Å². The van der Waals surface area contributed by atoms with Crippen LogP contribution in [0, 0.1) is 17.3 Å². The van der Waals surface area contributed by atoms with Gasteiger partial charge in [0, 0.05) is 0 Å². The van der Waals surface area contributed by atoms with E-state index in [9.17, 15) is 0 Å². The Hall–Kier alpha value is -0.520. The van der Waals surface area contributed by atoms with Crippen molar-refractivity contribution in [2.45, 2.75) is 98.3 Å². The molecule has 0 N–H and O–H groups in total. The Morgan fingerprint density at radius 3 is 2.45 bits per heavy atom. The first-order chi connectivity index (χ1) is 10.6. The van der Waals surface area contributed by atoms with Crippen LogP contribution in [0.3, 0.4) is 0 Å². The van der Waals surface area contributed by atoms with Crippen molar-refractivity contribution in [3.8, 4) is 0 Å². The Morgan fingerprint density at radius 1 is 0.909 bits per heavy atom. The van der Waals surface area contributed by atoms with Gasteiger partial charge in [-0.1, -0.05) is 77.7 Å². The minimum atomic E-state index is 0.524. The summed E-state index contributed by atoms with van der Waals surface area (Å²) in [7, 11) is 0. The fourth-order valence-electron chi connectivity index (χ4n) is 3.87. The fourth-order valence-corrected chi connectivity index (χ4v) is 3.87. The summed E-state index contributed by atoms with van der Waals surface area (Å²) in [5.41, 5.74) is 0.524. The molecule has 22 heavy (non-hydrogen) atoms. The lowest BCUT2D eigenvalue weighted by atomic mass is 9.83. The van der Waals surface area contributed by atoms with E-state index in [0.717, 1.165) is 11.8 Å². The van der Waals surface area contributed by atoms with E-state index in [1.54, 1.807) is 0 Å². The van der Waals surface area contributed by atoms with Crippen molar-refractivity contribution in [2.24, 2.45) is 17.3 Å². The molecule has 0 nitrogen and oxygen atoms in total. The average molecular weight is 305 g/mol. The van der Waals surface area contributed by atoms with Crippen molar-refractivity contribution in [3.05, 3.63) is 24.3 Å². The van der Waals surface area contributed by atoms with Gasteiger partial charge in [0.25, 0.3) is 0 Å². The molecule has 0 aromatic heterocycles. The van der Waals surface area contributed by atoms with Crippen LogP contribution in [0.2, 0.25) is 0 Å². The maximum absolute atomic E-state index is 2.56. The highest BCUT2D eigenvalue weighted by Crippen LogP contribution is 2.36. The molecule has 1 saturated carbocycles. The number of hydrogen-bond acceptors (Lipinski definition) is 0. The molecule has 0 radical (unpaired) electrons. The standard InChI is InChI=1S/C22H40/c1-5-7-8-9-10-14-20-16-13-17-21(20)15-11-12-19-22(3,4)18-6-2/h9-11,15,20-21H,5-8,12-14,16-19H2,1-4H3/b10-9-,15-11+/t20-,21-/m0/s1. The number of rotatable bonds is 11. The van der Waals surface area contributed by atoms with Crippen LogP contribution < -0.4 is 0 Å². The predicted molar refractivity (Wildman–Crippen MR) is 101 cm³/mol. The van der Waals surface area contributed by atoms with Gasteiger partial charge in [0.05, 0.1) is 0 Å². The maximum atomic E-state index is 2.56. The van der Waals surface area contributed by atoms with Gasteiger partial charge >= 0.3 is 0 Å². The summed E-state index contributed by atoms with van der Waals surface area (Å²) >= 11 is 0. The Labute approximate surface area is 140 Å². The van der Waals surface area contributed by atoms with Gasteiger partial charge in [0.2, 0.25) is 0 Å². The summed E-state index contributed by atoms with van der Waals surface area (Å²) in [6, 6.07) is 0. The Morgan fingerprint density at radius 2 is 1.73 bits per heavy atom. The molecule has 1 aliphatic rings. The van der Waals surface area contributed by atoms with Crippen LogP contribution in [-0.2, 0) is 0 Å². The molecule has 1 rings (SSSR count). The molecule has 0 heteroatoms. The summed E-state index contributed by atoms with van der Waals surface area (Å²) in [6.07, 6.45) is 24.7. The molecule has 0 saturated heterocycles. The monoisotopic (exact) mass is 304 g/mol. The molecule has 0 aliphatic heterocycles. The quantitative estimate of drug-likeness (QED) is 0.271. The Balaban J connectivity index is 2.28. The lowest BCUT2D eigenvalue weighted by Gasteiger charge is -2.23. The Kier molecular flexibility index (Phi) is 9.84. The zero-order valence-electron chi connectivity index (χ0n) is 15.7.